The van der Waals surface area contributed by atoms with Gasteiger partial charge in [-0.05, 0) is 104 Å². The average molecular weight is 1180 g/mol. The van der Waals surface area contributed by atoms with Gasteiger partial charge < -0.3 is 61.1 Å². The Morgan fingerprint density at radius 3 is 2.33 bits per heavy atom. The number of rotatable bonds is 25. The number of hydrogen-bond donors (Lipinski definition) is 11. The van der Waals surface area contributed by atoms with Gasteiger partial charge in [-0.2, -0.15) is 4.31 Å². The van der Waals surface area contributed by atoms with Crippen molar-refractivity contribution in [2.24, 2.45) is 57.7 Å². The first-order valence-electron chi connectivity index (χ1n) is 26.8. The van der Waals surface area contributed by atoms with Crippen LogP contribution in [-0.2, 0) is 50.7 Å². The van der Waals surface area contributed by atoms with E-state index in [9.17, 15) is 68.1 Å². The summed E-state index contributed by atoms with van der Waals surface area (Å²) in [5, 5.41) is 48.9. The van der Waals surface area contributed by atoms with Gasteiger partial charge in [-0.25, -0.2) is 28.6 Å². The molecule has 2 amide bonds. The zero-order chi connectivity index (χ0) is 57.3. The number of nitrogen functional groups attached to an aromatic ring is 1. The van der Waals surface area contributed by atoms with E-state index in [0.717, 1.165) is 86.8 Å². The van der Waals surface area contributed by atoms with E-state index in [1.807, 2.05) is 6.92 Å². The summed E-state index contributed by atoms with van der Waals surface area (Å²) in [6.45, 7) is 9.72. The summed E-state index contributed by atoms with van der Waals surface area (Å²) in [6, 6.07) is 0. The van der Waals surface area contributed by atoms with Crippen LogP contribution in [0.3, 0.4) is 0 Å². The Balaban J connectivity index is 0.764. The molecule has 5 fully saturated rings. The van der Waals surface area contributed by atoms with Gasteiger partial charge >= 0.3 is 23.5 Å². The van der Waals surface area contributed by atoms with Crippen LogP contribution in [-0.4, -0.2) is 145 Å². The first kappa shape index (κ1) is 63.1. The number of ether oxygens (including phenoxy) is 1. The minimum absolute atomic E-state index is 0.0293. The lowest BCUT2D eigenvalue weighted by atomic mass is 9.43. The molecule has 12 N–H and O–H groups in total. The lowest BCUT2D eigenvalue weighted by Gasteiger charge is -2.62. The van der Waals surface area contributed by atoms with Crippen LogP contribution < -0.4 is 16.4 Å². The maximum Gasteiger partial charge on any atom is 0.481 e. The number of phosphoric acid groups is 3. The second kappa shape index (κ2) is 25.1. The van der Waals surface area contributed by atoms with Gasteiger partial charge in [-0.3, -0.25) is 32.5 Å². The molecule has 442 valence electrons. The van der Waals surface area contributed by atoms with E-state index in [0.29, 0.717) is 41.3 Å². The minimum Gasteiger partial charge on any atom is -0.393 e. The highest BCUT2D eigenvalue weighted by Gasteiger charge is 2.63. The molecule has 7 rings (SSSR count). The van der Waals surface area contributed by atoms with E-state index in [1.54, 1.807) is 0 Å². The number of nitrogens with one attached hydrogen (secondary N) is 2. The first-order chi connectivity index (χ1) is 36.4. The molecule has 1 saturated heterocycles. The largest absolute Gasteiger partial charge is 0.481 e. The molecule has 4 saturated carbocycles. The van der Waals surface area contributed by atoms with Gasteiger partial charge in [0, 0.05) is 36.6 Å². The van der Waals surface area contributed by atoms with Crippen LogP contribution in [0.25, 0.3) is 11.2 Å². The van der Waals surface area contributed by atoms with E-state index in [2.05, 4.69) is 55.2 Å². The Morgan fingerprint density at radius 2 is 1.62 bits per heavy atom. The van der Waals surface area contributed by atoms with Crippen molar-refractivity contribution < 1.29 is 90.7 Å². The summed E-state index contributed by atoms with van der Waals surface area (Å²) in [5.41, 5.74) is 4.67. The third-order valence-corrected chi connectivity index (χ3v) is 22.1. The van der Waals surface area contributed by atoms with Crippen molar-refractivity contribution in [1.29, 1.82) is 0 Å². The number of aromatic nitrogens is 4. The van der Waals surface area contributed by atoms with Crippen molar-refractivity contribution >= 4 is 69.1 Å². The van der Waals surface area contributed by atoms with E-state index >= 15 is 0 Å². The fourth-order valence-electron chi connectivity index (χ4n) is 13.7. The zero-order valence-electron chi connectivity index (χ0n) is 44.9. The van der Waals surface area contributed by atoms with Crippen LogP contribution in [0.4, 0.5) is 5.82 Å². The molecule has 30 heteroatoms. The Morgan fingerprint density at radius 1 is 0.923 bits per heavy atom. The SMILES string of the molecule is CC(CCC[C@@H](C)[C@H]1CC[C@H]2[C@@H]3[C@H](O)C[C@@H]4C[C@H](O)CC[C@]4(C)[C@H]3CC[C@]12C)C(=O)SCCNC(=O)CCNC(=O)[C@H](O)C(C)(C)COP(=O)(O)OP(=O)(O)OC[C@H]1O[C@@H](n2cnc3c(N)ncnc32)[C@H](O)[C@@H]1OP(=O)(O)O. The van der Waals surface area contributed by atoms with Crippen LogP contribution in [0.1, 0.15) is 125 Å². The molecular formula is C48H80N7O19P3S. The number of nitrogens with zero attached hydrogens (tertiary/aromatic N) is 4. The number of aliphatic hydroxyl groups is 4. The smallest absolute Gasteiger partial charge is 0.393 e. The number of hydrogen-bond acceptors (Lipinski definition) is 20. The molecule has 2 aromatic heterocycles. The summed E-state index contributed by atoms with van der Waals surface area (Å²) < 4.78 is 62.8. The number of nitrogens with two attached hydrogens (primary N) is 1. The number of aliphatic hydroxyl groups excluding tert-OH is 4. The molecule has 4 aliphatic carbocycles. The van der Waals surface area contributed by atoms with Gasteiger partial charge in [0.15, 0.2) is 22.8 Å². The van der Waals surface area contributed by atoms with Crippen molar-refractivity contribution in [1.82, 2.24) is 30.2 Å². The summed E-state index contributed by atoms with van der Waals surface area (Å²) in [6.07, 6.45) is 3.42. The van der Waals surface area contributed by atoms with E-state index in [-0.39, 0.29) is 70.6 Å². The molecule has 2 aromatic rings. The average Bonchev–Trinajstić information content (AvgIpc) is 4.21. The van der Waals surface area contributed by atoms with Gasteiger partial charge in [-0.15, -0.1) is 0 Å². The van der Waals surface area contributed by atoms with Crippen molar-refractivity contribution in [2.45, 2.75) is 161 Å². The molecule has 3 heterocycles. The number of thioether (sulfide) groups is 1. The van der Waals surface area contributed by atoms with Crippen LogP contribution >= 0.6 is 35.2 Å². The molecule has 0 spiro atoms. The summed E-state index contributed by atoms with van der Waals surface area (Å²) in [4.78, 5) is 89.9. The maximum atomic E-state index is 13.0. The standard InChI is InChI=1S/C48H80N7O19P3S/c1-26(30-10-11-31-36-32(13-16-48(30,31)6)47(5)15-12-29(56)20-28(47)21-33(36)57)8-7-9-27(2)45(62)78-19-18-50-35(58)14-17-51-43(61)40(60)46(3,4)23-71-77(68,69)74-76(66,67)70-22-34-39(73-75(63,64)65)38(59)44(72-34)55-25-54-37-41(49)52-24-53-42(37)55/h24-34,36,38-40,44,56-57,59-60H,7-23H2,1-6H3,(H,50,58)(H,51,61)(H,66,67)(H,68,69)(H2,49,52,53)(H2,63,64,65)/t26-,27?,28+,29-,30-,31+,32+,33-,34-,36+,38-,39-,40+,44-,47+,48-/m1/s1. The third kappa shape index (κ3) is 14.6. The van der Waals surface area contributed by atoms with E-state index < -0.39 is 84.6 Å². The van der Waals surface area contributed by atoms with Crippen LogP contribution in [0.15, 0.2) is 12.7 Å². The summed E-state index contributed by atoms with van der Waals surface area (Å²) in [5.74, 6) is 1.58. The molecule has 5 aliphatic rings. The molecule has 0 radical (unpaired) electrons. The quantitative estimate of drug-likeness (QED) is 0.0492. The van der Waals surface area contributed by atoms with Gasteiger partial charge in [0.1, 0.15) is 36.3 Å². The molecule has 78 heavy (non-hydrogen) atoms. The van der Waals surface area contributed by atoms with Gasteiger partial charge in [0.25, 0.3) is 0 Å². The number of fused-ring (bicyclic) bond motifs is 6. The first-order valence-corrected chi connectivity index (χ1v) is 32.3. The normalized spacial score (nSPS) is 33.9. The fraction of sp³-hybridized carbons (Fsp3) is 0.833. The topological polar surface area (TPSA) is 404 Å². The summed E-state index contributed by atoms with van der Waals surface area (Å²) in [7, 11) is -16.5. The van der Waals surface area contributed by atoms with Crippen molar-refractivity contribution in [3.05, 3.63) is 12.7 Å². The monoisotopic (exact) mass is 1180 g/mol. The Labute approximate surface area is 457 Å². The van der Waals surface area contributed by atoms with Crippen molar-refractivity contribution in [2.75, 3.05) is 37.8 Å². The maximum absolute atomic E-state index is 13.0. The minimum atomic E-state index is -5.60. The van der Waals surface area contributed by atoms with Crippen LogP contribution in [0.2, 0.25) is 0 Å². The van der Waals surface area contributed by atoms with Gasteiger partial charge in [0.2, 0.25) is 11.8 Å². The second-order valence-corrected chi connectivity index (χ2v) is 28.8. The number of phosphoric ester groups is 3. The Hall–Kier alpha value is -2.52. The highest BCUT2D eigenvalue weighted by Crippen LogP contribution is 2.68. The lowest BCUT2D eigenvalue weighted by molar-refractivity contribution is -0.174. The zero-order valence-corrected chi connectivity index (χ0v) is 48.4. The molecule has 1 aliphatic heterocycles. The highest BCUT2D eigenvalue weighted by atomic mass is 32.2. The number of anilines is 1. The van der Waals surface area contributed by atoms with Crippen molar-refractivity contribution in [3.63, 3.8) is 0 Å². The summed E-state index contributed by atoms with van der Waals surface area (Å²) >= 11 is 1.16. The predicted molar refractivity (Wildman–Crippen MR) is 282 cm³/mol. The third-order valence-electron chi connectivity index (χ3n) is 17.9. The molecule has 3 unspecified atom stereocenters. The number of carbonyl (C=O) groups excluding carboxylic acids is 3. The van der Waals surface area contributed by atoms with Gasteiger partial charge in [-0.1, -0.05) is 66.1 Å². The molecule has 26 nitrogen and oxygen atoms in total. The number of amides is 2. The predicted octanol–water partition coefficient (Wildman–Crippen LogP) is 4.10. The van der Waals surface area contributed by atoms with Crippen LogP contribution in [0, 0.1) is 57.7 Å². The molecule has 18 atom stereocenters. The van der Waals surface area contributed by atoms with Gasteiger partial charge in [0.05, 0.1) is 31.7 Å². The highest BCUT2D eigenvalue weighted by molar-refractivity contribution is 8.13. The lowest BCUT2D eigenvalue weighted by Crippen LogP contribution is -2.58. The van der Waals surface area contributed by atoms with Crippen molar-refractivity contribution in [3.8, 4) is 0 Å². The van der Waals surface area contributed by atoms with Crippen LogP contribution in [0.5, 0.6) is 0 Å². The second-order valence-electron chi connectivity index (χ2n) is 23.5. The number of carbonyl (C=O) groups is 3. The Bertz CT molecular complexity index is 2600. The van der Waals surface area contributed by atoms with E-state index in [1.165, 1.54) is 26.7 Å². The van der Waals surface area contributed by atoms with E-state index in [4.69, 9.17) is 19.5 Å². The molecule has 0 bridgehead atoms. The fourth-order valence-corrected chi connectivity index (χ4v) is 17.3. The Kier molecular flexibility index (Phi) is 20.3. The molecular weight excluding hydrogens is 1100 g/mol. The number of imidazole rings is 1. The molecule has 0 aromatic carbocycles.